The molecule has 0 radical (unpaired) electrons. The van der Waals surface area contributed by atoms with Crippen LogP contribution in [0.25, 0.3) is 0 Å². The lowest BCUT2D eigenvalue weighted by atomic mass is 9.98. The fourth-order valence-electron chi connectivity index (χ4n) is 4.15. The van der Waals surface area contributed by atoms with Gasteiger partial charge < -0.3 is 9.53 Å². The molecule has 158 valence electrons. The van der Waals surface area contributed by atoms with Gasteiger partial charge in [0, 0.05) is 0 Å². The Balaban J connectivity index is 2.45. The lowest BCUT2D eigenvalue weighted by Gasteiger charge is -2.42. The van der Waals surface area contributed by atoms with Crippen LogP contribution in [0.3, 0.4) is 0 Å². The van der Waals surface area contributed by atoms with Crippen LogP contribution in [0.1, 0.15) is 54.4 Å². The van der Waals surface area contributed by atoms with Crippen molar-refractivity contribution in [3.8, 4) is 0 Å². The van der Waals surface area contributed by atoms with E-state index in [9.17, 15) is 5.11 Å². The van der Waals surface area contributed by atoms with Gasteiger partial charge in [-0.25, -0.2) is 0 Å². The van der Waals surface area contributed by atoms with Gasteiger partial charge in [-0.1, -0.05) is 108 Å². The van der Waals surface area contributed by atoms with Gasteiger partial charge in [0.05, 0.1) is 12.7 Å². The van der Waals surface area contributed by atoms with Crippen LogP contribution in [-0.4, -0.2) is 26.1 Å². The van der Waals surface area contributed by atoms with Crippen LogP contribution in [0.15, 0.2) is 72.3 Å². The molecule has 0 fully saturated rings. The third-order valence-electron chi connectivity index (χ3n) is 5.59. The Labute approximate surface area is 178 Å². The standard InChI is InChI=1S/C26H38O2Si/c1-7-22(25(27)20-21(2)3)18-19-28-29(26(4,5)6,23-14-10-8-11-15-23)24-16-12-9-13-17-24/h8-18,21,25,27H,7,19-20H2,1-6H3/b22-18-. The van der Waals surface area contributed by atoms with Crippen LogP contribution < -0.4 is 10.4 Å². The van der Waals surface area contributed by atoms with Crippen molar-refractivity contribution in [3.05, 3.63) is 72.3 Å². The van der Waals surface area contributed by atoms with Crippen molar-refractivity contribution in [3.63, 3.8) is 0 Å². The molecule has 0 heterocycles. The molecular formula is C26H38O2Si. The number of hydrogen-bond acceptors (Lipinski definition) is 2. The smallest absolute Gasteiger partial charge is 0.261 e. The molecule has 0 aliphatic carbocycles. The quantitative estimate of drug-likeness (QED) is 0.449. The Morgan fingerprint density at radius 2 is 1.45 bits per heavy atom. The second-order valence-electron chi connectivity index (χ2n) is 9.25. The Kier molecular flexibility index (Phi) is 8.44. The summed E-state index contributed by atoms with van der Waals surface area (Å²) in [6.45, 7) is 13.8. The van der Waals surface area contributed by atoms with Crippen LogP contribution >= 0.6 is 0 Å². The first-order valence-electron chi connectivity index (χ1n) is 10.8. The summed E-state index contributed by atoms with van der Waals surface area (Å²) in [5.74, 6) is 0.470. The van der Waals surface area contributed by atoms with Gasteiger partial charge in [-0.2, -0.15) is 0 Å². The second kappa shape index (κ2) is 10.4. The van der Waals surface area contributed by atoms with Gasteiger partial charge in [0.15, 0.2) is 0 Å². The SMILES string of the molecule is CC/C(=C/CO[Si](c1ccccc1)(c1ccccc1)C(C)(C)C)C(O)CC(C)C. The predicted octanol–water partition coefficient (Wildman–Crippen LogP) is 5.31. The predicted molar refractivity (Wildman–Crippen MR) is 127 cm³/mol. The van der Waals surface area contributed by atoms with E-state index in [0.717, 1.165) is 18.4 Å². The van der Waals surface area contributed by atoms with Gasteiger partial charge in [0.25, 0.3) is 8.32 Å². The van der Waals surface area contributed by atoms with Crippen LogP contribution in [0, 0.1) is 5.92 Å². The van der Waals surface area contributed by atoms with Crippen molar-refractivity contribution in [2.45, 2.75) is 65.5 Å². The summed E-state index contributed by atoms with van der Waals surface area (Å²) >= 11 is 0. The second-order valence-corrected chi connectivity index (χ2v) is 13.6. The van der Waals surface area contributed by atoms with Gasteiger partial charge in [-0.05, 0) is 39.7 Å². The summed E-state index contributed by atoms with van der Waals surface area (Å²) < 4.78 is 6.91. The van der Waals surface area contributed by atoms with Crippen molar-refractivity contribution >= 4 is 18.7 Å². The van der Waals surface area contributed by atoms with E-state index in [4.69, 9.17) is 4.43 Å². The summed E-state index contributed by atoms with van der Waals surface area (Å²) in [7, 11) is -2.52. The van der Waals surface area contributed by atoms with Crippen LogP contribution in [0.2, 0.25) is 5.04 Å². The maximum Gasteiger partial charge on any atom is 0.261 e. The van der Waals surface area contributed by atoms with E-state index in [1.54, 1.807) is 0 Å². The van der Waals surface area contributed by atoms with E-state index in [0.29, 0.717) is 12.5 Å². The zero-order valence-corrected chi connectivity index (χ0v) is 20.0. The zero-order valence-electron chi connectivity index (χ0n) is 19.0. The third-order valence-corrected chi connectivity index (χ3v) is 10.6. The first-order valence-corrected chi connectivity index (χ1v) is 12.7. The molecule has 1 unspecified atom stereocenters. The summed E-state index contributed by atoms with van der Waals surface area (Å²) in [6.07, 6.45) is 3.37. The van der Waals surface area contributed by atoms with Gasteiger partial charge in [0.1, 0.15) is 0 Å². The lowest BCUT2D eigenvalue weighted by molar-refractivity contribution is 0.178. The lowest BCUT2D eigenvalue weighted by Crippen LogP contribution is -2.66. The molecule has 0 aliphatic heterocycles. The molecule has 1 N–H and O–H groups in total. The minimum atomic E-state index is -2.52. The molecule has 29 heavy (non-hydrogen) atoms. The number of aliphatic hydroxyl groups excluding tert-OH is 1. The normalized spacial score (nSPS) is 14.3. The number of rotatable bonds is 9. The highest BCUT2D eigenvalue weighted by Crippen LogP contribution is 2.36. The van der Waals surface area contributed by atoms with Crippen molar-refractivity contribution in [1.29, 1.82) is 0 Å². The fourth-order valence-corrected chi connectivity index (χ4v) is 8.64. The number of benzene rings is 2. The molecule has 2 rings (SSSR count). The highest BCUT2D eigenvalue weighted by molar-refractivity contribution is 6.99. The fraction of sp³-hybridized carbons (Fsp3) is 0.462. The summed E-state index contributed by atoms with van der Waals surface area (Å²) in [6, 6.07) is 21.4. The average Bonchev–Trinajstić information content (AvgIpc) is 2.68. The van der Waals surface area contributed by atoms with E-state index >= 15 is 0 Å². The molecule has 0 bridgehead atoms. The first kappa shape index (κ1) is 23.6. The molecular weight excluding hydrogens is 372 g/mol. The molecule has 0 saturated heterocycles. The molecule has 3 heteroatoms. The van der Waals surface area contributed by atoms with E-state index in [1.165, 1.54) is 10.4 Å². The van der Waals surface area contributed by atoms with Crippen LogP contribution in [0.5, 0.6) is 0 Å². The van der Waals surface area contributed by atoms with E-state index in [2.05, 4.69) is 108 Å². The molecule has 2 nitrogen and oxygen atoms in total. The highest BCUT2D eigenvalue weighted by Gasteiger charge is 2.49. The van der Waals surface area contributed by atoms with E-state index in [1.807, 2.05) is 0 Å². The minimum absolute atomic E-state index is 0.0352. The molecule has 1 atom stereocenters. The first-order chi connectivity index (χ1) is 13.7. The summed E-state index contributed by atoms with van der Waals surface area (Å²) in [5.41, 5.74) is 1.08. The van der Waals surface area contributed by atoms with Crippen molar-refractivity contribution in [2.24, 2.45) is 5.92 Å². The summed E-state index contributed by atoms with van der Waals surface area (Å²) in [5, 5.41) is 13.1. The van der Waals surface area contributed by atoms with Crippen molar-refractivity contribution in [1.82, 2.24) is 0 Å². The van der Waals surface area contributed by atoms with Crippen LogP contribution in [0.4, 0.5) is 0 Å². The Hall–Kier alpha value is -1.68. The van der Waals surface area contributed by atoms with E-state index < -0.39 is 8.32 Å². The monoisotopic (exact) mass is 410 g/mol. The Bertz CT molecular complexity index is 721. The number of hydrogen-bond donors (Lipinski definition) is 1. The van der Waals surface area contributed by atoms with Crippen molar-refractivity contribution in [2.75, 3.05) is 6.61 Å². The number of aliphatic hydroxyl groups is 1. The largest absolute Gasteiger partial charge is 0.404 e. The Morgan fingerprint density at radius 3 is 1.83 bits per heavy atom. The molecule has 0 amide bonds. The molecule has 0 aromatic heterocycles. The summed E-state index contributed by atoms with van der Waals surface area (Å²) in [4.78, 5) is 0. The van der Waals surface area contributed by atoms with E-state index in [-0.39, 0.29) is 11.1 Å². The van der Waals surface area contributed by atoms with Crippen molar-refractivity contribution < 1.29 is 9.53 Å². The molecule has 2 aromatic rings. The van der Waals surface area contributed by atoms with Gasteiger partial charge in [-0.3, -0.25) is 0 Å². The average molecular weight is 411 g/mol. The maximum absolute atomic E-state index is 10.6. The third kappa shape index (κ3) is 5.69. The van der Waals surface area contributed by atoms with Gasteiger partial charge in [-0.15, -0.1) is 0 Å². The Morgan fingerprint density at radius 1 is 0.966 bits per heavy atom. The minimum Gasteiger partial charge on any atom is -0.404 e. The van der Waals surface area contributed by atoms with Crippen LogP contribution in [-0.2, 0) is 4.43 Å². The highest BCUT2D eigenvalue weighted by atomic mass is 28.4. The molecule has 2 aromatic carbocycles. The molecule has 0 saturated carbocycles. The maximum atomic E-state index is 10.6. The van der Waals surface area contributed by atoms with Gasteiger partial charge >= 0.3 is 0 Å². The topological polar surface area (TPSA) is 29.5 Å². The van der Waals surface area contributed by atoms with Gasteiger partial charge in [0.2, 0.25) is 0 Å². The molecule has 0 aliphatic rings. The zero-order chi connectivity index (χ0) is 21.5. The molecule has 0 spiro atoms.